The minimum Gasteiger partial charge on any atom is -0.497 e. The van der Waals surface area contributed by atoms with Crippen LogP contribution in [0.15, 0.2) is 24.3 Å². The molecule has 7 heteroatoms. The van der Waals surface area contributed by atoms with Gasteiger partial charge in [-0.1, -0.05) is 12.1 Å². The molecule has 1 unspecified atom stereocenters. The summed E-state index contributed by atoms with van der Waals surface area (Å²) in [6, 6.07) is 6.65. The number of nitrogens with one attached hydrogen (secondary N) is 1. The normalized spacial score (nSPS) is 20.1. The van der Waals surface area contributed by atoms with Gasteiger partial charge in [0, 0.05) is 7.11 Å². The Morgan fingerprint density at radius 2 is 2.19 bits per heavy atom. The molecule has 0 radical (unpaired) electrons. The van der Waals surface area contributed by atoms with E-state index in [1.54, 1.807) is 25.3 Å². The first-order valence-corrected chi connectivity index (χ1v) is 6.50. The van der Waals surface area contributed by atoms with Crippen LogP contribution in [0.2, 0.25) is 0 Å². The Bertz CT molecular complexity index is 534. The maximum atomic E-state index is 11.9. The molecule has 3 amide bonds. The lowest BCUT2D eigenvalue weighted by Gasteiger charge is -2.31. The van der Waals surface area contributed by atoms with Crippen molar-refractivity contribution in [2.75, 3.05) is 27.3 Å². The van der Waals surface area contributed by atoms with Crippen LogP contribution in [0, 0.1) is 0 Å². The SMILES string of the molecule is COc1cccc(C(CN2C(=O)NC[C@H](O)C2=O)OC)c1. The summed E-state index contributed by atoms with van der Waals surface area (Å²) in [6.07, 6.45) is -1.72. The Morgan fingerprint density at radius 3 is 2.86 bits per heavy atom. The van der Waals surface area contributed by atoms with Crippen molar-refractivity contribution in [2.24, 2.45) is 0 Å². The molecular formula is C14H18N2O5. The molecule has 0 aromatic heterocycles. The molecule has 21 heavy (non-hydrogen) atoms. The quantitative estimate of drug-likeness (QED) is 0.815. The summed E-state index contributed by atoms with van der Waals surface area (Å²) in [7, 11) is 3.05. The summed E-state index contributed by atoms with van der Waals surface area (Å²) in [5.74, 6) is 0.0349. The van der Waals surface area contributed by atoms with E-state index < -0.39 is 24.1 Å². The van der Waals surface area contributed by atoms with Crippen LogP contribution in [0.4, 0.5) is 4.79 Å². The third kappa shape index (κ3) is 3.32. The number of ether oxygens (including phenoxy) is 2. The number of hydrogen-bond acceptors (Lipinski definition) is 5. The van der Waals surface area contributed by atoms with E-state index in [0.717, 1.165) is 10.5 Å². The Balaban J connectivity index is 2.17. The van der Waals surface area contributed by atoms with Gasteiger partial charge < -0.3 is 19.9 Å². The van der Waals surface area contributed by atoms with Crippen LogP contribution in [-0.2, 0) is 9.53 Å². The van der Waals surface area contributed by atoms with Crippen LogP contribution in [-0.4, -0.2) is 55.4 Å². The number of nitrogens with zero attached hydrogens (tertiary/aromatic N) is 1. The Labute approximate surface area is 122 Å². The van der Waals surface area contributed by atoms with E-state index in [2.05, 4.69) is 5.32 Å². The predicted octanol–water partition coefficient (Wildman–Crippen LogP) is 0.295. The number of amides is 3. The number of carbonyl (C=O) groups is 2. The molecule has 0 saturated carbocycles. The topological polar surface area (TPSA) is 88.1 Å². The number of rotatable bonds is 5. The smallest absolute Gasteiger partial charge is 0.324 e. The van der Waals surface area contributed by atoms with Crippen LogP contribution in [0.3, 0.4) is 0 Å². The lowest BCUT2D eigenvalue weighted by atomic mass is 10.1. The van der Waals surface area contributed by atoms with Crippen LogP contribution in [0.1, 0.15) is 11.7 Å². The predicted molar refractivity (Wildman–Crippen MR) is 73.9 cm³/mol. The molecule has 1 aliphatic heterocycles. The second-order valence-corrected chi connectivity index (χ2v) is 4.65. The Hall–Kier alpha value is -2.12. The molecule has 0 aliphatic carbocycles. The lowest BCUT2D eigenvalue weighted by molar-refractivity contribution is -0.140. The fourth-order valence-electron chi connectivity index (χ4n) is 2.14. The van der Waals surface area contributed by atoms with E-state index in [9.17, 15) is 14.7 Å². The third-order valence-corrected chi connectivity index (χ3v) is 3.34. The molecule has 7 nitrogen and oxygen atoms in total. The highest BCUT2D eigenvalue weighted by Crippen LogP contribution is 2.23. The van der Waals surface area contributed by atoms with E-state index in [1.165, 1.54) is 7.11 Å². The number of imide groups is 1. The minimum absolute atomic E-state index is 0.0192. The summed E-state index contributed by atoms with van der Waals surface area (Å²) in [6.45, 7) is -0.0453. The molecular weight excluding hydrogens is 276 g/mol. The van der Waals surface area contributed by atoms with Crippen LogP contribution in [0.25, 0.3) is 0 Å². The molecule has 1 saturated heterocycles. The monoisotopic (exact) mass is 294 g/mol. The molecule has 114 valence electrons. The largest absolute Gasteiger partial charge is 0.497 e. The van der Waals surface area contributed by atoms with Crippen LogP contribution >= 0.6 is 0 Å². The number of urea groups is 1. The van der Waals surface area contributed by atoms with E-state index >= 15 is 0 Å². The number of hydrogen-bond donors (Lipinski definition) is 2. The standard InChI is InChI=1S/C14H18N2O5/c1-20-10-5-3-4-9(6-10)12(21-2)8-16-13(18)11(17)7-15-14(16)19/h3-6,11-12,17H,7-8H2,1-2H3,(H,15,19)/t11-,12?/m0/s1. The number of aliphatic hydroxyl groups is 1. The van der Waals surface area contributed by atoms with Gasteiger partial charge >= 0.3 is 6.03 Å². The molecule has 1 aliphatic rings. The zero-order valence-corrected chi connectivity index (χ0v) is 11.9. The maximum absolute atomic E-state index is 11.9. The van der Waals surface area contributed by atoms with Crippen molar-refractivity contribution in [2.45, 2.75) is 12.2 Å². The van der Waals surface area contributed by atoms with Gasteiger partial charge in [-0.25, -0.2) is 4.79 Å². The molecule has 0 spiro atoms. The second-order valence-electron chi connectivity index (χ2n) is 4.65. The van der Waals surface area contributed by atoms with Crippen molar-refractivity contribution < 1.29 is 24.2 Å². The zero-order valence-electron chi connectivity index (χ0n) is 11.9. The van der Waals surface area contributed by atoms with Gasteiger partial charge in [-0.2, -0.15) is 0 Å². The average Bonchev–Trinajstić information content (AvgIpc) is 2.51. The molecule has 0 bridgehead atoms. The number of β-amino-alcohol motifs (C(OH)–C–C–N with tert-alkyl or cyclic N) is 1. The van der Waals surface area contributed by atoms with Crippen molar-refractivity contribution in [1.82, 2.24) is 10.2 Å². The fraction of sp³-hybridized carbons (Fsp3) is 0.429. The van der Waals surface area contributed by atoms with Crippen molar-refractivity contribution >= 4 is 11.9 Å². The number of benzene rings is 1. The third-order valence-electron chi connectivity index (χ3n) is 3.34. The van der Waals surface area contributed by atoms with Crippen molar-refractivity contribution in [3.63, 3.8) is 0 Å². The first-order valence-electron chi connectivity index (χ1n) is 6.50. The highest BCUT2D eigenvalue weighted by Gasteiger charge is 2.34. The van der Waals surface area contributed by atoms with E-state index in [-0.39, 0.29) is 13.1 Å². The molecule has 1 fully saturated rings. The highest BCUT2D eigenvalue weighted by molar-refractivity contribution is 5.99. The van der Waals surface area contributed by atoms with Crippen molar-refractivity contribution in [3.05, 3.63) is 29.8 Å². The van der Waals surface area contributed by atoms with Gasteiger partial charge in [-0.05, 0) is 17.7 Å². The minimum atomic E-state index is -1.22. The molecule has 2 rings (SSSR count). The van der Waals surface area contributed by atoms with Gasteiger partial charge in [0.15, 0.2) is 6.10 Å². The number of methoxy groups -OCH3 is 2. The summed E-state index contributed by atoms with van der Waals surface area (Å²) < 4.78 is 10.5. The van der Waals surface area contributed by atoms with Gasteiger partial charge in [-0.3, -0.25) is 9.69 Å². The first kappa shape index (κ1) is 15.3. The van der Waals surface area contributed by atoms with Gasteiger partial charge in [0.1, 0.15) is 11.9 Å². The Morgan fingerprint density at radius 1 is 1.43 bits per heavy atom. The summed E-state index contributed by atoms with van der Waals surface area (Å²) >= 11 is 0. The lowest BCUT2D eigenvalue weighted by Crippen LogP contribution is -2.58. The number of aliphatic hydroxyl groups excluding tert-OH is 1. The molecule has 1 aromatic rings. The summed E-state index contributed by atoms with van der Waals surface area (Å²) in [5.41, 5.74) is 0.775. The van der Waals surface area contributed by atoms with Crippen molar-refractivity contribution in [1.29, 1.82) is 0 Å². The first-order chi connectivity index (χ1) is 10.1. The molecule has 2 atom stereocenters. The molecule has 2 N–H and O–H groups in total. The number of carbonyl (C=O) groups excluding carboxylic acids is 2. The molecule has 1 aromatic carbocycles. The van der Waals surface area contributed by atoms with E-state index in [4.69, 9.17) is 9.47 Å². The van der Waals surface area contributed by atoms with Crippen molar-refractivity contribution in [3.8, 4) is 5.75 Å². The van der Waals surface area contributed by atoms with Crippen LogP contribution < -0.4 is 10.1 Å². The van der Waals surface area contributed by atoms with Gasteiger partial charge in [0.2, 0.25) is 0 Å². The van der Waals surface area contributed by atoms with E-state index in [0.29, 0.717) is 5.75 Å². The second kappa shape index (κ2) is 6.55. The van der Waals surface area contributed by atoms with Gasteiger partial charge in [0.25, 0.3) is 5.91 Å². The highest BCUT2D eigenvalue weighted by atomic mass is 16.5. The van der Waals surface area contributed by atoms with Gasteiger partial charge in [0.05, 0.1) is 20.2 Å². The summed E-state index contributed by atoms with van der Waals surface area (Å²) in [4.78, 5) is 24.6. The van der Waals surface area contributed by atoms with E-state index in [1.807, 2.05) is 6.07 Å². The fourth-order valence-corrected chi connectivity index (χ4v) is 2.14. The molecule has 1 heterocycles. The Kier molecular flexibility index (Phi) is 4.77. The average molecular weight is 294 g/mol. The van der Waals surface area contributed by atoms with Crippen LogP contribution in [0.5, 0.6) is 5.75 Å². The summed E-state index contributed by atoms with van der Waals surface area (Å²) in [5, 5.41) is 12.0. The van der Waals surface area contributed by atoms with Gasteiger partial charge in [-0.15, -0.1) is 0 Å². The maximum Gasteiger partial charge on any atom is 0.324 e. The zero-order chi connectivity index (χ0) is 15.4.